The van der Waals surface area contributed by atoms with Crippen molar-refractivity contribution in [2.24, 2.45) is 0 Å². The van der Waals surface area contributed by atoms with Gasteiger partial charge in [0.2, 0.25) is 11.0 Å². The van der Waals surface area contributed by atoms with Crippen molar-refractivity contribution in [1.29, 1.82) is 0 Å². The topological polar surface area (TPSA) is 51.4 Å². The number of anilines is 1. The Morgan fingerprint density at radius 2 is 2.27 bits per heavy atom. The molecule has 3 rings (SSSR count). The van der Waals surface area contributed by atoms with E-state index in [2.05, 4.69) is 9.36 Å². The van der Waals surface area contributed by atoms with Gasteiger partial charge in [-0.3, -0.25) is 0 Å². The van der Waals surface area contributed by atoms with E-state index in [1.165, 1.54) is 6.26 Å². The Kier molecular flexibility index (Phi) is 4.34. The van der Waals surface area contributed by atoms with Crippen molar-refractivity contribution < 1.29 is 22.3 Å². The molecule has 1 atom stereocenters. The van der Waals surface area contributed by atoms with E-state index in [-0.39, 0.29) is 11.2 Å². The number of ether oxygens (including phenoxy) is 1. The van der Waals surface area contributed by atoms with Crippen LogP contribution in [0.15, 0.2) is 22.8 Å². The SMILES string of the molecule is FC(F)(F)c1nsc(N(Cc2ccco2)C[C@@H]2CCCO2)n1. The summed E-state index contributed by atoms with van der Waals surface area (Å²) in [6, 6.07) is 3.51. The van der Waals surface area contributed by atoms with Crippen LogP contribution < -0.4 is 4.90 Å². The van der Waals surface area contributed by atoms with E-state index in [0.29, 0.717) is 25.5 Å². The number of hydrogen-bond donors (Lipinski definition) is 0. The van der Waals surface area contributed by atoms with Gasteiger partial charge in [-0.05, 0) is 25.0 Å². The van der Waals surface area contributed by atoms with Gasteiger partial charge >= 0.3 is 6.18 Å². The standard InChI is InChI=1S/C13H14F3N3O2S/c14-13(15,16)11-17-12(22-18-11)19(7-9-3-1-5-20-9)8-10-4-2-6-21-10/h1,3,5,10H,2,4,6-8H2/t10-/m0/s1. The zero-order valence-electron chi connectivity index (χ0n) is 11.5. The summed E-state index contributed by atoms with van der Waals surface area (Å²) in [5.74, 6) is -0.453. The highest BCUT2D eigenvalue weighted by Gasteiger charge is 2.37. The predicted octanol–water partition coefficient (Wildman–Crippen LogP) is 3.34. The Bertz CT molecular complexity index is 594. The van der Waals surface area contributed by atoms with E-state index in [1.807, 2.05) is 0 Å². The van der Waals surface area contributed by atoms with Crippen LogP contribution in [-0.4, -0.2) is 28.6 Å². The molecule has 0 radical (unpaired) electrons. The highest BCUT2D eigenvalue weighted by Crippen LogP contribution is 2.31. The summed E-state index contributed by atoms with van der Waals surface area (Å²) in [6.45, 7) is 1.48. The van der Waals surface area contributed by atoms with Crippen molar-refractivity contribution in [3.63, 3.8) is 0 Å². The van der Waals surface area contributed by atoms with Crippen molar-refractivity contribution in [3.05, 3.63) is 30.0 Å². The van der Waals surface area contributed by atoms with Crippen LogP contribution in [0.2, 0.25) is 0 Å². The Morgan fingerprint density at radius 1 is 1.41 bits per heavy atom. The number of rotatable bonds is 5. The molecule has 3 heterocycles. The van der Waals surface area contributed by atoms with Crippen molar-refractivity contribution in [2.45, 2.75) is 31.7 Å². The fraction of sp³-hybridized carbons (Fsp3) is 0.538. The second kappa shape index (κ2) is 6.25. The first kappa shape index (κ1) is 15.3. The number of furan rings is 1. The van der Waals surface area contributed by atoms with Crippen molar-refractivity contribution in [3.8, 4) is 0 Å². The lowest BCUT2D eigenvalue weighted by atomic mass is 10.2. The highest BCUT2D eigenvalue weighted by atomic mass is 32.1. The summed E-state index contributed by atoms with van der Waals surface area (Å²) in [5, 5.41) is 0.222. The van der Waals surface area contributed by atoms with Gasteiger partial charge in [-0.15, -0.1) is 0 Å². The van der Waals surface area contributed by atoms with Crippen molar-refractivity contribution in [1.82, 2.24) is 9.36 Å². The van der Waals surface area contributed by atoms with E-state index < -0.39 is 12.0 Å². The number of halogens is 3. The molecule has 0 N–H and O–H groups in total. The van der Waals surface area contributed by atoms with Crippen LogP contribution in [0.25, 0.3) is 0 Å². The molecule has 1 aliphatic rings. The molecule has 2 aromatic rings. The Hall–Kier alpha value is -1.61. The Balaban J connectivity index is 1.78. The van der Waals surface area contributed by atoms with Crippen LogP contribution in [-0.2, 0) is 17.5 Å². The minimum Gasteiger partial charge on any atom is -0.467 e. The molecule has 9 heteroatoms. The van der Waals surface area contributed by atoms with Crippen LogP contribution in [0.1, 0.15) is 24.4 Å². The van der Waals surface area contributed by atoms with Crippen LogP contribution in [0.3, 0.4) is 0 Å². The maximum Gasteiger partial charge on any atom is 0.452 e. The second-order valence-electron chi connectivity index (χ2n) is 4.99. The first-order valence-electron chi connectivity index (χ1n) is 6.82. The fourth-order valence-electron chi connectivity index (χ4n) is 2.29. The Morgan fingerprint density at radius 3 is 2.86 bits per heavy atom. The smallest absolute Gasteiger partial charge is 0.452 e. The van der Waals surface area contributed by atoms with Gasteiger partial charge in [0.1, 0.15) is 5.76 Å². The zero-order valence-corrected chi connectivity index (χ0v) is 12.4. The van der Waals surface area contributed by atoms with Gasteiger partial charge in [0.25, 0.3) is 0 Å². The van der Waals surface area contributed by atoms with Gasteiger partial charge in [-0.25, -0.2) is 0 Å². The highest BCUT2D eigenvalue weighted by molar-refractivity contribution is 7.09. The molecule has 0 unspecified atom stereocenters. The molecule has 0 saturated carbocycles. The monoisotopic (exact) mass is 333 g/mol. The molecule has 1 aliphatic heterocycles. The molecule has 5 nitrogen and oxygen atoms in total. The molecule has 0 aromatic carbocycles. The largest absolute Gasteiger partial charge is 0.467 e. The van der Waals surface area contributed by atoms with Crippen LogP contribution >= 0.6 is 11.5 Å². The molecule has 0 spiro atoms. The third kappa shape index (κ3) is 3.58. The maximum absolute atomic E-state index is 12.7. The maximum atomic E-state index is 12.7. The molecule has 0 bridgehead atoms. The summed E-state index contributed by atoms with van der Waals surface area (Å²) >= 11 is 0.737. The molecule has 2 aromatic heterocycles. The summed E-state index contributed by atoms with van der Waals surface area (Å²) in [7, 11) is 0. The number of alkyl halides is 3. The Labute approximate surface area is 128 Å². The molecule has 0 amide bonds. The molecule has 22 heavy (non-hydrogen) atoms. The number of aromatic nitrogens is 2. The summed E-state index contributed by atoms with van der Waals surface area (Å²) in [6.07, 6.45) is -1.16. The lowest BCUT2D eigenvalue weighted by Crippen LogP contribution is -2.31. The fourth-order valence-corrected chi connectivity index (χ4v) is 2.99. The molecule has 1 saturated heterocycles. The second-order valence-corrected chi connectivity index (χ2v) is 5.72. The van der Waals surface area contributed by atoms with Crippen LogP contribution in [0.5, 0.6) is 0 Å². The van der Waals surface area contributed by atoms with E-state index in [0.717, 1.165) is 24.4 Å². The van der Waals surface area contributed by atoms with Gasteiger partial charge in [0.05, 0.1) is 18.9 Å². The molecule has 120 valence electrons. The summed E-state index contributed by atoms with van der Waals surface area (Å²) in [5.41, 5.74) is 0. The lowest BCUT2D eigenvalue weighted by molar-refractivity contribution is -0.144. The molecular weight excluding hydrogens is 319 g/mol. The number of nitrogens with zero attached hydrogens (tertiary/aromatic N) is 3. The van der Waals surface area contributed by atoms with E-state index in [4.69, 9.17) is 9.15 Å². The molecule has 0 aliphatic carbocycles. The molecule has 1 fully saturated rings. The first-order valence-corrected chi connectivity index (χ1v) is 7.59. The van der Waals surface area contributed by atoms with E-state index in [1.54, 1.807) is 17.0 Å². The van der Waals surface area contributed by atoms with Crippen molar-refractivity contribution >= 4 is 16.7 Å². The molecular formula is C13H14F3N3O2S. The van der Waals surface area contributed by atoms with Crippen LogP contribution in [0, 0.1) is 0 Å². The minimum atomic E-state index is -4.53. The van der Waals surface area contributed by atoms with Gasteiger partial charge in [0.15, 0.2) is 0 Å². The summed E-state index contributed by atoms with van der Waals surface area (Å²) < 4.78 is 52.2. The number of hydrogen-bond acceptors (Lipinski definition) is 6. The first-order chi connectivity index (χ1) is 10.5. The third-order valence-corrected chi connectivity index (χ3v) is 4.09. The van der Waals surface area contributed by atoms with Gasteiger partial charge in [-0.1, -0.05) is 0 Å². The average molecular weight is 333 g/mol. The van der Waals surface area contributed by atoms with Gasteiger partial charge in [-0.2, -0.15) is 22.5 Å². The van der Waals surface area contributed by atoms with Crippen molar-refractivity contribution in [2.75, 3.05) is 18.1 Å². The van der Waals surface area contributed by atoms with E-state index in [9.17, 15) is 13.2 Å². The normalized spacial score (nSPS) is 18.8. The van der Waals surface area contributed by atoms with Gasteiger partial charge in [0, 0.05) is 24.7 Å². The predicted molar refractivity (Wildman–Crippen MR) is 73.6 cm³/mol. The minimum absolute atomic E-state index is 0.00630. The van der Waals surface area contributed by atoms with E-state index >= 15 is 0 Å². The summed E-state index contributed by atoms with van der Waals surface area (Å²) in [4.78, 5) is 5.34. The quantitative estimate of drug-likeness (QED) is 0.840. The third-order valence-electron chi connectivity index (χ3n) is 3.31. The zero-order chi connectivity index (χ0) is 15.6. The van der Waals surface area contributed by atoms with Gasteiger partial charge < -0.3 is 14.1 Å². The average Bonchev–Trinajstić information content (AvgIpc) is 3.20. The lowest BCUT2D eigenvalue weighted by Gasteiger charge is -2.23. The van der Waals surface area contributed by atoms with Crippen LogP contribution in [0.4, 0.5) is 18.3 Å².